The highest BCUT2D eigenvalue weighted by Gasteiger charge is 2.31. The molecule has 0 fully saturated rings. The van der Waals surface area contributed by atoms with Crippen molar-refractivity contribution in [3.05, 3.63) is 211 Å². The number of methoxy groups -OCH3 is 2. The van der Waals surface area contributed by atoms with Crippen molar-refractivity contribution in [2.45, 2.75) is 9.79 Å². The van der Waals surface area contributed by atoms with Gasteiger partial charge < -0.3 is 23.8 Å². The highest BCUT2D eigenvalue weighted by Crippen LogP contribution is 2.56. The van der Waals surface area contributed by atoms with Gasteiger partial charge in [0.2, 0.25) is 0 Å². The second-order valence-corrected chi connectivity index (χ2v) is 17.0. The molecular formula is C58H39N5O2S. The van der Waals surface area contributed by atoms with E-state index in [9.17, 15) is 10.5 Å². The Hall–Kier alpha value is -8.69. The summed E-state index contributed by atoms with van der Waals surface area (Å²) in [6, 6.07) is 73.4. The van der Waals surface area contributed by atoms with Gasteiger partial charge in [-0.25, -0.2) is 0 Å². The van der Waals surface area contributed by atoms with Crippen molar-refractivity contribution in [1.29, 1.82) is 10.5 Å². The first-order valence-electron chi connectivity index (χ1n) is 21.5. The number of hydrogen-bond acceptors (Lipinski definition) is 7. The minimum Gasteiger partial charge on any atom is -0.497 e. The molecule has 10 aromatic rings. The largest absolute Gasteiger partial charge is 0.497 e. The summed E-state index contributed by atoms with van der Waals surface area (Å²) < 4.78 is 14.2. The first-order valence-corrected chi connectivity index (χ1v) is 22.3. The second kappa shape index (κ2) is 16.8. The Balaban J connectivity index is 1.26. The molecule has 1 aromatic heterocycles. The average molecular weight is 870 g/mol. The number of aromatic nitrogens is 1. The van der Waals surface area contributed by atoms with Crippen LogP contribution in [0.4, 0.5) is 34.1 Å². The fourth-order valence-electron chi connectivity index (χ4n) is 9.10. The fourth-order valence-corrected chi connectivity index (χ4v) is 10.1. The van der Waals surface area contributed by atoms with Crippen LogP contribution in [-0.2, 0) is 0 Å². The van der Waals surface area contributed by atoms with E-state index < -0.39 is 0 Å². The van der Waals surface area contributed by atoms with Gasteiger partial charge in [-0.2, -0.15) is 10.5 Å². The van der Waals surface area contributed by atoms with Crippen LogP contribution in [0.3, 0.4) is 0 Å². The molecule has 0 atom stereocenters. The lowest BCUT2D eigenvalue weighted by Crippen LogP contribution is -2.18. The quantitative estimate of drug-likeness (QED) is 0.143. The number of hydrogen-bond donors (Lipinski definition) is 0. The standard InChI is InChI=1S/C58H39N5O2S/c1-64-45-26-29-57-55(32-45)63(56-33-46(65-2)27-30-58(56)66-57)54-35-49(41-23-19-39(37-60)20-24-41)48(40-21-17-38(36-59)18-22-40)34-53(54)62-51-16-10-9-15-47(51)50-31-44(25-28-52(50)62)61(42-11-5-3-6-12-42)43-13-7-4-8-14-43/h3-35H,1-2H3. The molecular weight excluding hydrogens is 831 g/mol. The van der Waals surface area contributed by atoms with Gasteiger partial charge in [-0.1, -0.05) is 90.6 Å². The van der Waals surface area contributed by atoms with E-state index in [2.05, 4.69) is 154 Å². The van der Waals surface area contributed by atoms with Crippen LogP contribution in [-0.4, -0.2) is 18.8 Å². The summed E-state index contributed by atoms with van der Waals surface area (Å²) in [5.74, 6) is 1.47. The van der Waals surface area contributed by atoms with E-state index in [1.54, 1.807) is 26.0 Å². The maximum Gasteiger partial charge on any atom is 0.121 e. The molecule has 0 radical (unpaired) electrons. The third kappa shape index (κ3) is 6.94. The molecule has 11 rings (SSSR count). The molecule has 2 heterocycles. The van der Waals surface area contributed by atoms with Crippen molar-refractivity contribution in [3.8, 4) is 51.6 Å². The normalized spacial score (nSPS) is 11.7. The molecule has 1 aliphatic rings. The monoisotopic (exact) mass is 869 g/mol. The summed E-state index contributed by atoms with van der Waals surface area (Å²) in [4.78, 5) is 6.78. The van der Waals surface area contributed by atoms with Crippen LogP contribution < -0.4 is 19.3 Å². The summed E-state index contributed by atoms with van der Waals surface area (Å²) in [6.45, 7) is 0. The predicted octanol–water partition coefficient (Wildman–Crippen LogP) is 15.3. The van der Waals surface area contributed by atoms with E-state index in [1.807, 2.05) is 72.8 Å². The Labute approximate surface area is 387 Å². The van der Waals surface area contributed by atoms with E-state index in [4.69, 9.17) is 9.47 Å². The first-order chi connectivity index (χ1) is 32.5. The molecule has 314 valence electrons. The number of anilines is 6. The maximum atomic E-state index is 9.84. The molecule has 1 aliphatic heterocycles. The van der Waals surface area contributed by atoms with Crippen molar-refractivity contribution in [2.75, 3.05) is 24.0 Å². The van der Waals surface area contributed by atoms with Crippen LogP contribution in [0.15, 0.2) is 210 Å². The Morgan fingerprint density at radius 1 is 0.439 bits per heavy atom. The van der Waals surface area contributed by atoms with Crippen molar-refractivity contribution < 1.29 is 9.47 Å². The number of rotatable bonds is 9. The van der Waals surface area contributed by atoms with Crippen LogP contribution in [0.5, 0.6) is 11.5 Å². The van der Waals surface area contributed by atoms with Gasteiger partial charge >= 0.3 is 0 Å². The molecule has 0 amide bonds. The SMILES string of the molecule is COc1ccc2c(c1)N(c1cc(-c3ccc(C#N)cc3)c(-c3ccc(C#N)cc3)cc1-n1c3ccccc3c3cc(N(c4ccccc4)c4ccccc4)ccc31)c1cc(OC)ccc1S2. The number of ether oxygens (including phenoxy) is 2. The van der Waals surface area contributed by atoms with E-state index in [0.717, 1.165) is 105 Å². The summed E-state index contributed by atoms with van der Waals surface area (Å²) in [5, 5.41) is 21.9. The smallest absolute Gasteiger partial charge is 0.121 e. The molecule has 0 saturated heterocycles. The van der Waals surface area contributed by atoms with Gasteiger partial charge in [-0.05, 0) is 131 Å². The zero-order valence-electron chi connectivity index (χ0n) is 36.0. The highest BCUT2D eigenvalue weighted by atomic mass is 32.2. The van der Waals surface area contributed by atoms with Crippen LogP contribution in [0, 0.1) is 22.7 Å². The Kier molecular flexibility index (Phi) is 10.2. The van der Waals surface area contributed by atoms with E-state index in [0.29, 0.717) is 11.1 Å². The number of para-hydroxylation sites is 3. The van der Waals surface area contributed by atoms with Gasteiger partial charge in [-0.3, -0.25) is 0 Å². The fraction of sp³-hybridized carbons (Fsp3) is 0.0345. The Morgan fingerprint density at radius 2 is 0.939 bits per heavy atom. The van der Waals surface area contributed by atoms with Gasteiger partial charge in [0.1, 0.15) is 11.5 Å². The maximum absolute atomic E-state index is 9.84. The lowest BCUT2D eigenvalue weighted by atomic mass is 9.91. The zero-order valence-corrected chi connectivity index (χ0v) is 36.8. The van der Waals surface area contributed by atoms with Crippen molar-refractivity contribution in [1.82, 2.24) is 4.57 Å². The van der Waals surface area contributed by atoms with Crippen LogP contribution in [0.2, 0.25) is 0 Å². The Bertz CT molecular complexity index is 3460. The number of nitrogens with zero attached hydrogens (tertiary/aromatic N) is 5. The minimum atomic E-state index is 0.577. The van der Waals surface area contributed by atoms with E-state index in [-0.39, 0.29) is 0 Å². The third-order valence-corrected chi connectivity index (χ3v) is 13.4. The number of nitriles is 2. The summed E-state index contributed by atoms with van der Waals surface area (Å²) in [6.07, 6.45) is 0. The molecule has 0 bridgehead atoms. The Morgan fingerprint density at radius 3 is 1.47 bits per heavy atom. The molecule has 0 aliphatic carbocycles. The van der Waals surface area contributed by atoms with Crippen molar-refractivity contribution in [3.63, 3.8) is 0 Å². The molecule has 0 N–H and O–H groups in total. The van der Waals surface area contributed by atoms with Crippen LogP contribution in [0.25, 0.3) is 49.7 Å². The van der Waals surface area contributed by atoms with Gasteiger partial charge in [0.05, 0.1) is 71.3 Å². The van der Waals surface area contributed by atoms with Gasteiger partial charge in [0, 0.05) is 49.8 Å². The average Bonchev–Trinajstić information content (AvgIpc) is 3.71. The second-order valence-electron chi connectivity index (χ2n) is 15.9. The van der Waals surface area contributed by atoms with Crippen molar-refractivity contribution >= 4 is 67.7 Å². The minimum absolute atomic E-state index is 0.577. The molecule has 0 unspecified atom stereocenters. The van der Waals surface area contributed by atoms with E-state index in [1.165, 1.54) is 0 Å². The van der Waals surface area contributed by atoms with Crippen LogP contribution >= 0.6 is 11.8 Å². The number of benzene rings is 9. The van der Waals surface area contributed by atoms with Gasteiger partial charge in [0.25, 0.3) is 0 Å². The molecule has 8 heteroatoms. The number of fused-ring (bicyclic) bond motifs is 5. The lowest BCUT2D eigenvalue weighted by Gasteiger charge is -2.35. The lowest BCUT2D eigenvalue weighted by molar-refractivity contribution is 0.414. The summed E-state index contributed by atoms with van der Waals surface area (Å²) >= 11 is 1.72. The van der Waals surface area contributed by atoms with E-state index >= 15 is 0 Å². The molecule has 0 saturated carbocycles. The zero-order chi connectivity index (χ0) is 44.7. The topological polar surface area (TPSA) is 77.4 Å². The highest BCUT2D eigenvalue weighted by molar-refractivity contribution is 7.99. The van der Waals surface area contributed by atoms with Crippen LogP contribution in [0.1, 0.15) is 11.1 Å². The summed E-state index contributed by atoms with van der Waals surface area (Å²) in [5.41, 5.74) is 14.0. The van der Waals surface area contributed by atoms with Gasteiger partial charge in [-0.15, -0.1) is 0 Å². The summed E-state index contributed by atoms with van der Waals surface area (Å²) in [7, 11) is 3.39. The molecule has 9 aromatic carbocycles. The third-order valence-electron chi connectivity index (χ3n) is 12.2. The van der Waals surface area contributed by atoms with Crippen molar-refractivity contribution in [2.24, 2.45) is 0 Å². The molecule has 7 nitrogen and oxygen atoms in total. The molecule has 66 heavy (non-hydrogen) atoms. The predicted molar refractivity (Wildman–Crippen MR) is 268 cm³/mol. The van der Waals surface area contributed by atoms with Gasteiger partial charge in [0.15, 0.2) is 0 Å². The first kappa shape index (κ1) is 40.1. The molecule has 0 spiro atoms.